The third-order valence-corrected chi connectivity index (χ3v) is 2.05. The number of aliphatic hydroxyl groups excluding tert-OH is 2. The van der Waals surface area contributed by atoms with Crippen molar-refractivity contribution in [2.75, 3.05) is 0 Å². The molecule has 0 aromatic rings. The van der Waals surface area contributed by atoms with Crippen molar-refractivity contribution in [1.29, 1.82) is 0 Å². The normalized spacial score (nSPS) is 38.1. The minimum Gasteiger partial charge on any atom is -0.383 e. The summed E-state index contributed by atoms with van der Waals surface area (Å²) in [6, 6.07) is -1.09. The van der Waals surface area contributed by atoms with Crippen LogP contribution in [0.4, 0.5) is 0 Å². The second-order valence-corrected chi connectivity index (χ2v) is 3.24. The number of nitrogens with one attached hydrogen (secondary N) is 1. The van der Waals surface area contributed by atoms with Crippen molar-refractivity contribution >= 4 is 11.7 Å². The molecule has 14 heavy (non-hydrogen) atoms. The Bertz CT molecular complexity index is 254. The van der Waals surface area contributed by atoms with Gasteiger partial charge in [-0.05, 0) is 6.92 Å². The minimum atomic E-state index is -1.42. The second-order valence-electron chi connectivity index (χ2n) is 3.24. The molecule has 1 aliphatic heterocycles. The molecule has 0 aromatic heterocycles. The van der Waals surface area contributed by atoms with Gasteiger partial charge in [0, 0.05) is 6.92 Å². The zero-order chi connectivity index (χ0) is 10.9. The zero-order valence-electron chi connectivity index (χ0n) is 7.93. The first kappa shape index (κ1) is 11.1. The number of Topliss-reactive ketones (excluding diaryl/α,β-unsaturated/α-hetero) is 1. The van der Waals surface area contributed by atoms with Crippen molar-refractivity contribution in [2.45, 2.75) is 38.4 Å². The first-order valence-corrected chi connectivity index (χ1v) is 4.26. The number of hydrogen-bond acceptors (Lipinski definition) is 5. The van der Waals surface area contributed by atoms with Gasteiger partial charge in [-0.15, -0.1) is 0 Å². The lowest BCUT2D eigenvalue weighted by Gasteiger charge is -2.34. The van der Waals surface area contributed by atoms with Crippen molar-refractivity contribution in [1.82, 2.24) is 5.32 Å². The van der Waals surface area contributed by atoms with Gasteiger partial charge in [0.15, 0.2) is 12.1 Å². The van der Waals surface area contributed by atoms with Crippen LogP contribution in [0.1, 0.15) is 13.8 Å². The van der Waals surface area contributed by atoms with Gasteiger partial charge in [-0.2, -0.15) is 0 Å². The Morgan fingerprint density at radius 2 is 2.07 bits per heavy atom. The molecule has 0 radical (unpaired) electrons. The van der Waals surface area contributed by atoms with E-state index in [4.69, 9.17) is 4.74 Å². The van der Waals surface area contributed by atoms with Gasteiger partial charge in [-0.3, -0.25) is 9.59 Å². The largest absolute Gasteiger partial charge is 0.383 e. The van der Waals surface area contributed by atoms with Gasteiger partial charge in [0.05, 0.1) is 0 Å². The first-order chi connectivity index (χ1) is 6.43. The Labute approximate surface area is 80.9 Å². The topological polar surface area (TPSA) is 95.9 Å². The summed E-state index contributed by atoms with van der Waals surface area (Å²) in [5.74, 6) is -0.992. The second kappa shape index (κ2) is 4.04. The van der Waals surface area contributed by atoms with Crippen LogP contribution in [0.25, 0.3) is 0 Å². The van der Waals surface area contributed by atoms with E-state index in [0.717, 1.165) is 0 Å². The third-order valence-electron chi connectivity index (χ3n) is 2.05. The van der Waals surface area contributed by atoms with Gasteiger partial charge in [0.1, 0.15) is 18.2 Å². The molecule has 80 valence electrons. The average molecular weight is 203 g/mol. The van der Waals surface area contributed by atoms with Crippen LogP contribution in [0.5, 0.6) is 0 Å². The van der Waals surface area contributed by atoms with Gasteiger partial charge in [-0.25, -0.2) is 0 Å². The van der Waals surface area contributed by atoms with Crippen LogP contribution in [0.2, 0.25) is 0 Å². The van der Waals surface area contributed by atoms with Gasteiger partial charge in [-0.1, -0.05) is 0 Å². The molecule has 0 spiro atoms. The van der Waals surface area contributed by atoms with E-state index in [0.29, 0.717) is 0 Å². The van der Waals surface area contributed by atoms with Crippen molar-refractivity contribution < 1.29 is 24.5 Å². The van der Waals surface area contributed by atoms with E-state index in [1.165, 1.54) is 13.8 Å². The summed E-state index contributed by atoms with van der Waals surface area (Å²) < 4.78 is 4.81. The summed E-state index contributed by atoms with van der Waals surface area (Å²) in [5.41, 5.74) is 0. The lowest BCUT2D eigenvalue weighted by Crippen LogP contribution is -2.60. The van der Waals surface area contributed by atoms with E-state index in [9.17, 15) is 19.8 Å². The molecule has 1 aliphatic rings. The number of ketones is 1. The summed E-state index contributed by atoms with van der Waals surface area (Å²) in [7, 11) is 0. The molecule has 1 amide bonds. The molecule has 3 N–H and O–H groups in total. The third kappa shape index (κ3) is 2.09. The smallest absolute Gasteiger partial charge is 0.217 e. The Balaban J connectivity index is 2.73. The van der Waals surface area contributed by atoms with Gasteiger partial charge in [0.25, 0.3) is 0 Å². The van der Waals surface area contributed by atoms with Crippen LogP contribution in [-0.4, -0.2) is 46.4 Å². The SMILES string of the molecule is CC(=O)NC1C(O)OC(C)C(=O)C1O. The maximum absolute atomic E-state index is 11.2. The molecule has 1 heterocycles. The Morgan fingerprint density at radius 3 is 2.57 bits per heavy atom. The Hall–Kier alpha value is -0.980. The highest BCUT2D eigenvalue weighted by Gasteiger charge is 2.41. The number of carbonyl (C=O) groups excluding carboxylic acids is 2. The summed E-state index contributed by atoms with van der Waals surface area (Å²) in [6.07, 6.45) is -3.63. The molecule has 4 unspecified atom stereocenters. The zero-order valence-corrected chi connectivity index (χ0v) is 7.93. The Kier molecular flexibility index (Phi) is 3.20. The van der Waals surface area contributed by atoms with E-state index in [1.807, 2.05) is 0 Å². The molecular weight excluding hydrogens is 190 g/mol. The van der Waals surface area contributed by atoms with Crippen molar-refractivity contribution in [3.8, 4) is 0 Å². The predicted molar refractivity (Wildman–Crippen MR) is 45.2 cm³/mol. The fraction of sp³-hybridized carbons (Fsp3) is 0.750. The van der Waals surface area contributed by atoms with E-state index in [-0.39, 0.29) is 0 Å². The van der Waals surface area contributed by atoms with Crippen LogP contribution in [0.3, 0.4) is 0 Å². The summed E-state index contributed by atoms with van der Waals surface area (Å²) in [5, 5.41) is 21.0. The van der Waals surface area contributed by atoms with Gasteiger partial charge < -0.3 is 20.3 Å². The number of hydrogen-bond donors (Lipinski definition) is 3. The standard InChI is InChI=1S/C8H13NO5/c1-3-6(11)7(12)5(8(13)14-3)9-4(2)10/h3,5,7-8,12-13H,1-2H3,(H,9,10). The minimum absolute atomic E-state index is 0.445. The quantitative estimate of drug-likeness (QED) is 0.465. The number of rotatable bonds is 1. The predicted octanol–water partition coefficient (Wildman–Crippen LogP) is -1.84. The number of ether oxygens (including phenoxy) is 1. The summed E-state index contributed by atoms with van der Waals surface area (Å²) >= 11 is 0. The first-order valence-electron chi connectivity index (χ1n) is 4.26. The monoisotopic (exact) mass is 203 g/mol. The molecule has 1 fully saturated rings. The van der Waals surface area contributed by atoms with Crippen LogP contribution >= 0.6 is 0 Å². The Morgan fingerprint density at radius 1 is 1.50 bits per heavy atom. The highest BCUT2D eigenvalue weighted by atomic mass is 16.6. The number of aliphatic hydroxyl groups is 2. The molecule has 4 atom stereocenters. The lowest BCUT2D eigenvalue weighted by molar-refractivity contribution is -0.202. The van der Waals surface area contributed by atoms with Crippen molar-refractivity contribution in [2.24, 2.45) is 0 Å². The fourth-order valence-corrected chi connectivity index (χ4v) is 1.32. The van der Waals surface area contributed by atoms with Crippen molar-refractivity contribution in [3.63, 3.8) is 0 Å². The van der Waals surface area contributed by atoms with E-state index < -0.39 is 36.2 Å². The summed E-state index contributed by atoms with van der Waals surface area (Å²) in [6.45, 7) is 2.65. The highest BCUT2D eigenvalue weighted by molar-refractivity contribution is 5.89. The maximum atomic E-state index is 11.2. The van der Waals surface area contributed by atoms with Crippen LogP contribution < -0.4 is 5.32 Å². The molecule has 1 rings (SSSR count). The molecule has 0 bridgehead atoms. The van der Waals surface area contributed by atoms with Crippen LogP contribution in [-0.2, 0) is 14.3 Å². The molecule has 0 aromatic carbocycles. The van der Waals surface area contributed by atoms with Crippen molar-refractivity contribution in [3.05, 3.63) is 0 Å². The molecule has 6 nitrogen and oxygen atoms in total. The molecule has 1 saturated heterocycles. The molecule has 6 heteroatoms. The average Bonchev–Trinajstić information content (AvgIpc) is 2.09. The lowest BCUT2D eigenvalue weighted by atomic mass is 9.99. The van der Waals surface area contributed by atoms with E-state index >= 15 is 0 Å². The summed E-state index contributed by atoms with van der Waals surface area (Å²) in [4.78, 5) is 21.9. The number of carbonyl (C=O) groups is 2. The van der Waals surface area contributed by atoms with Crippen LogP contribution in [0.15, 0.2) is 0 Å². The maximum Gasteiger partial charge on any atom is 0.217 e. The van der Waals surface area contributed by atoms with Crippen LogP contribution in [0, 0.1) is 0 Å². The number of amides is 1. The molecule has 0 aliphatic carbocycles. The fourth-order valence-electron chi connectivity index (χ4n) is 1.32. The molecular formula is C8H13NO5. The van der Waals surface area contributed by atoms with Gasteiger partial charge >= 0.3 is 0 Å². The van der Waals surface area contributed by atoms with E-state index in [1.54, 1.807) is 0 Å². The molecule has 0 saturated carbocycles. The van der Waals surface area contributed by atoms with Gasteiger partial charge in [0.2, 0.25) is 5.91 Å². The van der Waals surface area contributed by atoms with E-state index in [2.05, 4.69) is 5.32 Å². The highest BCUT2D eigenvalue weighted by Crippen LogP contribution is 2.15.